The summed E-state index contributed by atoms with van der Waals surface area (Å²) in [6, 6.07) is 18.7. The highest BCUT2D eigenvalue weighted by Gasteiger charge is 2.47. The molecule has 0 spiro atoms. The Balaban J connectivity index is 1.93. The van der Waals surface area contributed by atoms with Crippen molar-refractivity contribution in [2.45, 2.75) is 39.7 Å². The van der Waals surface area contributed by atoms with Crippen LogP contribution < -0.4 is 14.4 Å². The summed E-state index contributed by atoms with van der Waals surface area (Å²) in [5.74, 6) is -0.502. The lowest BCUT2D eigenvalue weighted by Gasteiger charge is -2.26. The first-order valence-electron chi connectivity index (χ1n) is 12.3. The molecule has 4 rings (SSSR count). The predicted octanol–water partition coefficient (Wildman–Crippen LogP) is 6.89. The van der Waals surface area contributed by atoms with Gasteiger partial charge in [0, 0.05) is 11.3 Å². The zero-order valence-electron chi connectivity index (χ0n) is 21.3. The van der Waals surface area contributed by atoms with Crippen LogP contribution in [0.1, 0.15) is 56.3 Å². The number of aliphatic hydroxyl groups is 1. The number of carbonyl (C=O) groups excluding carboxylic acids is 2. The number of Topliss-reactive ketones (excluding diaryl/α,β-unsaturated/α-hetero) is 1. The van der Waals surface area contributed by atoms with Crippen LogP contribution in [0.15, 0.2) is 72.3 Å². The molecule has 1 atom stereocenters. The van der Waals surface area contributed by atoms with E-state index in [0.29, 0.717) is 41.9 Å². The number of ketones is 1. The lowest BCUT2D eigenvalue weighted by Crippen LogP contribution is -2.29. The Hall–Kier alpha value is -3.77. The molecule has 1 unspecified atom stereocenters. The van der Waals surface area contributed by atoms with Gasteiger partial charge in [-0.15, -0.1) is 0 Å². The van der Waals surface area contributed by atoms with Crippen LogP contribution in [-0.2, 0) is 9.59 Å². The standard InChI is InChI=1S/C30H30ClNO5/c1-5-36-22-9-7-8-20(16-22)27-26(28(33)24-17-23(37-6-2)14-15-25(24)31)29(34)30(35)32(27)21-12-10-19(11-13-21)18(3)4/h7-18,27,33H,5-6H2,1-4H3/b28-26+. The van der Waals surface area contributed by atoms with E-state index in [9.17, 15) is 14.7 Å². The van der Waals surface area contributed by atoms with Crippen molar-refractivity contribution in [1.29, 1.82) is 0 Å². The molecule has 0 saturated carbocycles. The zero-order valence-corrected chi connectivity index (χ0v) is 22.1. The number of halogens is 1. The third kappa shape index (κ3) is 5.20. The second kappa shape index (κ2) is 11.1. The van der Waals surface area contributed by atoms with Gasteiger partial charge in [0.2, 0.25) is 0 Å². The number of anilines is 1. The number of hydrogen-bond acceptors (Lipinski definition) is 5. The topological polar surface area (TPSA) is 76.1 Å². The van der Waals surface area contributed by atoms with Crippen molar-refractivity contribution in [2.24, 2.45) is 0 Å². The number of benzene rings is 3. The number of ether oxygens (including phenoxy) is 2. The maximum atomic E-state index is 13.5. The summed E-state index contributed by atoms with van der Waals surface area (Å²) in [5, 5.41) is 11.7. The first-order chi connectivity index (χ1) is 17.8. The van der Waals surface area contributed by atoms with Crippen molar-refractivity contribution in [1.82, 2.24) is 0 Å². The Labute approximate surface area is 222 Å². The van der Waals surface area contributed by atoms with Crippen LogP contribution in [0.25, 0.3) is 5.76 Å². The number of carbonyl (C=O) groups is 2. The third-order valence-corrected chi connectivity index (χ3v) is 6.60. The molecule has 1 fully saturated rings. The van der Waals surface area contributed by atoms with Crippen LogP contribution in [0.4, 0.5) is 5.69 Å². The number of nitrogens with zero attached hydrogens (tertiary/aromatic N) is 1. The fraction of sp³-hybridized carbons (Fsp3) is 0.267. The molecule has 0 aromatic heterocycles. The predicted molar refractivity (Wildman–Crippen MR) is 146 cm³/mol. The molecule has 1 amide bonds. The lowest BCUT2D eigenvalue weighted by molar-refractivity contribution is -0.132. The second-order valence-corrected chi connectivity index (χ2v) is 9.40. The van der Waals surface area contributed by atoms with E-state index in [1.165, 1.54) is 4.90 Å². The summed E-state index contributed by atoms with van der Waals surface area (Å²) >= 11 is 6.43. The number of aliphatic hydroxyl groups excluding tert-OH is 1. The minimum absolute atomic E-state index is 0.0536. The first kappa shape index (κ1) is 26.3. The van der Waals surface area contributed by atoms with E-state index < -0.39 is 17.7 Å². The molecule has 1 N–H and O–H groups in total. The Bertz CT molecular complexity index is 1350. The van der Waals surface area contributed by atoms with Gasteiger partial charge in [0.15, 0.2) is 0 Å². The smallest absolute Gasteiger partial charge is 0.300 e. The average Bonchev–Trinajstić information content (AvgIpc) is 3.15. The van der Waals surface area contributed by atoms with Gasteiger partial charge in [-0.1, -0.05) is 49.7 Å². The Morgan fingerprint density at radius 3 is 2.22 bits per heavy atom. The molecule has 1 aliphatic rings. The molecule has 37 heavy (non-hydrogen) atoms. The summed E-state index contributed by atoms with van der Waals surface area (Å²) in [4.78, 5) is 28.4. The molecule has 1 aliphatic heterocycles. The Morgan fingerprint density at radius 2 is 1.59 bits per heavy atom. The highest BCUT2D eigenvalue weighted by molar-refractivity contribution is 6.52. The van der Waals surface area contributed by atoms with Crippen molar-refractivity contribution < 1.29 is 24.2 Å². The highest BCUT2D eigenvalue weighted by atomic mass is 35.5. The zero-order chi connectivity index (χ0) is 26.7. The molecule has 0 bridgehead atoms. The van der Waals surface area contributed by atoms with Crippen LogP contribution >= 0.6 is 11.6 Å². The molecule has 3 aromatic rings. The molecule has 192 valence electrons. The number of amides is 1. The van der Waals surface area contributed by atoms with E-state index in [0.717, 1.165) is 5.56 Å². The quantitative estimate of drug-likeness (QED) is 0.199. The fourth-order valence-electron chi connectivity index (χ4n) is 4.46. The van der Waals surface area contributed by atoms with Gasteiger partial charge in [0.25, 0.3) is 11.7 Å². The van der Waals surface area contributed by atoms with Gasteiger partial charge in [0.05, 0.1) is 29.9 Å². The molecule has 3 aromatic carbocycles. The van der Waals surface area contributed by atoms with Crippen molar-refractivity contribution in [3.8, 4) is 11.5 Å². The van der Waals surface area contributed by atoms with Crippen LogP contribution in [0.3, 0.4) is 0 Å². The first-order valence-corrected chi connectivity index (χ1v) is 12.7. The molecular weight excluding hydrogens is 490 g/mol. The summed E-state index contributed by atoms with van der Waals surface area (Å²) in [6.07, 6.45) is 0. The highest BCUT2D eigenvalue weighted by Crippen LogP contribution is 2.44. The van der Waals surface area contributed by atoms with E-state index >= 15 is 0 Å². The van der Waals surface area contributed by atoms with Crippen molar-refractivity contribution in [3.05, 3.63) is 94.0 Å². The summed E-state index contributed by atoms with van der Waals surface area (Å²) in [5.41, 5.74) is 2.44. The average molecular weight is 520 g/mol. The van der Waals surface area contributed by atoms with E-state index in [1.807, 2.05) is 38.1 Å². The number of rotatable bonds is 8. The van der Waals surface area contributed by atoms with Gasteiger partial charge in [-0.25, -0.2) is 0 Å². The van der Waals surface area contributed by atoms with Crippen molar-refractivity contribution in [3.63, 3.8) is 0 Å². The van der Waals surface area contributed by atoms with Gasteiger partial charge in [-0.3, -0.25) is 14.5 Å². The molecule has 0 aliphatic carbocycles. The summed E-state index contributed by atoms with van der Waals surface area (Å²) < 4.78 is 11.2. The minimum atomic E-state index is -0.892. The van der Waals surface area contributed by atoms with Crippen LogP contribution in [0.2, 0.25) is 5.02 Å². The molecule has 1 saturated heterocycles. The monoisotopic (exact) mass is 519 g/mol. The fourth-order valence-corrected chi connectivity index (χ4v) is 4.67. The summed E-state index contributed by atoms with van der Waals surface area (Å²) in [6.45, 7) is 8.77. The maximum absolute atomic E-state index is 13.5. The second-order valence-electron chi connectivity index (χ2n) is 9.00. The third-order valence-electron chi connectivity index (χ3n) is 6.27. The summed E-state index contributed by atoms with van der Waals surface area (Å²) in [7, 11) is 0. The molecule has 7 heteroatoms. The maximum Gasteiger partial charge on any atom is 0.300 e. The van der Waals surface area contributed by atoms with E-state index in [2.05, 4.69) is 13.8 Å². The van der Waals surface area contributed by atoms with Gasteiger partial charge >= 0.3 is 0 Å². The molecular formula is C30H30ClNO5. The van der Waals surface area contributed by atoms with Gasteiger partial charge < -0.3 is 14.6 Å². The SMILES string of the molecule is CCOc1cccc(C2/C(=C(\O)c3cc(OCC)ccc3Cl)C(=O)C(=O)N2c2ccc(C(C)C)cc2)c1. The Morgan fingerprint density at radius 1 is 0.946 bits per heavy atom. The number of hydrogen-bond donors (Lipinski definition) is 1. The Kier molecular flexibility index (Phi) is 7.89. The van der Waals surface area contributed by atoms with Gasteiger partial charge in [-0.2, -0.15) is 0 Å². The molecule has 1 heterocycles. The molecule has 6 nitrogen and oxygen atoms in total. The van der Waals surface area contributed by atoms with Crippen LogP contribution in [0, 0.1) is 0 Å². The van der Waals surface area contributed by atoms with Crippen molar-refractivity contribution >= 4 is 34.7 Å². The van der Waals surface area contributed by atoms with Crippen molar-refractivity contribution in [2.75, 3.05) is 18.1 Å². The van der Waals surface area contributed by atoms with E-state index in [-0.39, 0.29) is 21.9 Å². The van der Waals surface area contributed by atoms with E-state index in [4.69, 9.17) is 21.1 Å². The lowest BCUT2D eigenvalue weighted by atomic mass is 9.94. The minimum Gasteiger partial charge on any atom is -0.507 e. The van der Waals surface area contributed by atoms with Crippen LogP contribution in [0.5, 0.6) is 11.5 Å². The van der Waals surface area contributed by atoms with Crippen LogP contribution in [-0.4, -0.2) is 30.0 Å². The van der Waals surface area contributed by atoms with E-state index in [1.54, 1.807) is 42.5 Å². The molecule has 0 radical (unpaired) electrons. The largest absolute Gasteiger partial charge is 0.507 e. The van der Waals surface area contributed by atoms with Gasteiger partial charge in [0.1, 0.15) is 17.3 Å². The normalized spacial score (nSPS) is 16.9. The van der Waals surface area contributed by atoms with Gasteiger partial charge in [-0.05, 0) is 73.4 Å².